The number of rotatable bonds is 5. The number of aromatic nitrogens is 2. The van der Waals surface area contributed by atoms with Crippen LogP contribution in [0.25, 0.3) is 0 Å². The quantitative estimate of drug-likeness (QED) is 0.762. The summed E-state index contributed by atoms with van der Waals surface area (Å²) in [4.78, 5) is 14.4. The van der Waals surface area contributed by atoms with Crippen molar-refractivity contribution in [3.05, 3.63) is 29.0 Å². The molecule has 0 aliphatic heterocycles. The third kappa shape index (κ3) is 4.02. The fourth-order valence-corrected chi connectivity index (χ4v) is 2.37. The van der Waals surface area contributed by atoms with E-state index in [-0.39, 0.29) is 5.91 Å². The van der Waals surface area contributed by atoms with Gasteiger partial charge < -0.3 is 5.73 Å². The highest BCUT2D eigenvalue weighted by atomic mass is 32.2. The van der Waals surface area contributed by atoms with Gasteiger partial charge in [-0.2, -0.15) is 5.01 Å². The average molecular weight is 296 g/mol. The van der Waals surface area contributed by atoms with Gasteiger partial charge in [0.1, 0.15) is 0 Å². The van der Waals surface area contributed by atoms with E-state index in [1.807, 2.05) is 26.2 Å². The Kier molecular flexibility index (Phi) is 4.67. The Hall–Kier alpha value is -1.96. The van der Waals surface area contributed by atoms with Gasteiger partial charge >= 0.3 is 5.88 Å². The number of carbonyl (C=O) groups excluding carboxylic acids is 1. The van der Waals surface area contributed by atoms with Gasteiger partial charge in [0.2, 0.25) is 11.2 Å². The molecule has 0 unspecified atom stereocenters. The largest absolute Gasteiger partial charge is 0.402 e. The molecule has 1 heterocycles. The minimum atomic E-state index is -0.125. The molecule has 8 heteroatoms. The molecule has 7 nitrogen and oxygen atoms in total. The van der Waals surface area contributed by atoms with Crippen LogP contribution in [0.5, 0.6) is 0 Å². The van der Waals surface area contributed by atoms with Crippen molar-refractivity contribution in [1.82, 2.24) is 5.27 Å². The lowest BCUT2D eigenvalue weighted by Crippen LogP contribution is -2.53. The molecule has 0 atom stereocenters. The van der Waals surface area contributed by atoms with Gasteiger partial charge in [0, 0.05) is 5.70 Å². The summed E-state index contributed by atoms with van der Waals surface area (Å²) in [6.45, 7) is 0. The highest BCUT2D eigenvalue weighted by Gasteiger charge is 2.16. The SMILES string of the molecule is CN(C)[n+]1cc(NC(=O)CSC2=CC=C(N)CC2)on1. The van der Waals surface area contributed by atoms with Crippen molar-refractivity contribution >= 4 is 23.6 Å². The Bertz CT molecular complexity index is 550. The molecular formula is C12H18N5O2S+. The molecule has 0 fully saturated rings. The lowest BCUT2D eigenvalue weighted by molar-refractivity contribution is -0.753. The first-order valence-corrected chi connectivity index (χ1v) is 7.17. The lowest BCUT2D eigenvalue weighted by atomic mass is 10.1. The lowest BCUT2D eigenvalue weighted by Gasteiger charge is -2.10. The average Bonchev–Trinajstić information content (AvgIpc) is 2.87. The predicted molar refractivity (Wildman–Crippen MR) is 77.4 cm³/mol. The minimum Gasteiger partial charge on any atom is -0.402 e. The zero-order valence-electron chi connectivity index (χ0n) is 11.5. The summed E-state index contributed by atoms with van der Waals surface area (Å²) in [5.41, 5.74) is 6.57. The Morgan fingerprint density at radius 2 is 2.35 bits per heavy atom. The number of nitrogens with two attached hydrogens (primary N) is 1. The van der Waals surface area contributed by atoms with Crippen LogP contribution < -0.4 is 20.9 Å². The van der Waals surface area contributed by atoms with Crippen LogP contribution in [0.2, 0.25) is 0 Å². The molecule has 1 aromatic heterocycles. The van der Waals surface area contributed by atoms with Gasteiger partial charge in [-0.15, -0.1) is 11.8 Å². The monoisotopic (exact) mass is 296 g/mol. The summed E-state index contributed by atoms with van der Waals surface area (Å²) in [7, 11) is 3.64. The molecule has 0 aromatic carbocycles. The fourth-order valence-electron chi connectivity index (χ4n) is 1.57. The summed E-state index contributed by atoms with van der Waals surface area (Å²) in [6, 6.07) is 0. The maximum absolute atomic E-state index is 11.8. The first-order chi connectivity index (χ1) is 9.54. The predicted octanol–water partition coefficient (Wildman–Crippen LogP) is 0.352. The van der Waals surface area contributed by atoms with Crippen molar-refractivity contribution < 1.29 is 14.1 Å². The van der Waals surface area contributed by atoms with E-state index >= 15 is 0 Å². The normalized spacial score (nSPS) is 14.5. The highest BCUT2D eigenvalue weighted by Crippen LogP contribution is 2.25. The van der Waals surface area contributed by atoms with E-state index in [0.717, 1.165) is 23.4 Å². The number of allylic oxidation sites excluding steroid dienone is 4. The van der Waals surface area contributed by atoms with Crippen LogP contribution in [0.15, 0.2) is 33.5 Å². The number of hydrogen-bond donors (Lipinski definition) is 2. The van der Waals surface area contributed by atoms with E-state index < -0.39 is 0 Å². The molecular weight excluding hydrogens is 278 g/mol. The molecule has 1 aliphatic carbocycles. The number of nitrogens with zero attached hydrogens (tertiary/aromatic N) is 3. The number of anilines is 1. The highest BCUT2D eigenvalue weighted by molar-refractivity contribution is 8.03. The second-order valence-corrected chi connectivity index (χ2v) is 5.65. The molecule has 0 radical (unpaired) electrons. The number of hydrogen-bond acceptors (Lipinski definition) is 6. The molecule has 1 aliphatic rings. The minimum absolute atomic E-state index is 0.125. The van der Waals surface area contributed by atoms with Crippen LogP contribution in [0.3, 0.4) is 0 Å². The second-order valence-electron chi connectivity index (χ2n) is 4.55. The van der Waals surface area contributed by atoms with Crippen molar-refractivity contribution in [2.75, 3.05) is 30.2 Å². The standard InChI is InChI=1S/C12H17N5O2S/c1-16(2)17-7-12(19-15-17)14-11(18)8-20-10-5-3-9(13)4-6-10/h3,5,7H,4,6,8,13H2,1-2H3/p+1. The topological polar surface area (TPSA) is 88.3 Å². The molecule has 1 amide bonds. The first kappa shape index (κ1) is 14.4. The van der Waals surface area contributed by atoms with Gasteiger partial charge in [0.25, 0.3) is 6.20 Å². The van der Waals surface area contributed by atoms with Crippen molar-refractivity contribution in [3.8, 4) is 0 Å². The van der Waals surface area contributed by atoms with Gasteiger partial charge in [0.15, 0.2) is 0 Å². The Labute approximate surface area is 121 Å². The number of amides is 1. The molecule has 3 N–H and O–H groups in total. The smallest absolute Gasteiger partial charge is 0.305 e. The van der Waals surface area contributed by atoms with Gasteiger partial charge in [0.05, 0.1) is 24.6 Å². The van der Waals surface area contributed by atoms with Crippen molar-refractivity contribution in [3.63, 3.8) is 0 Å². The summed E-state index contributed by atoms with van der Waals surface area (Å²) in [5, 5.41) is 8.12. The van der Waals surface area contributed by atoms with E-state index in [0.29, 0.717) is 11.6 Å². The molecule has 0 spiro atoms. The third-order valence-electron chi connectivity index (χ3n) is 2.66. The first-order valence-electron chi connectivity index (χ1n) is 6.18. The summed E-state index contributed by atoms with van der Waals surface area (Å²) in [5.74, 6) is 0.536. The van der Waals surface area contributed by atoms with E-state index in [9.17, 15) is 4.79 Å². The van der Waals surface area contributed by atoms with Crippen molar-refractivity contribution in [2.45, 2.75) is 12.8 Å². The molecule has 0 saturated heterocycles. The number of carbonyl (C=O) groups is 1. The maximum atomic E-state index is 11.8. The van der Waals surface area contributed by atoms with Crippen LogP contribution in [0.1, 0.15) is 12.8 Å². The summed E-state index contributed by atoms with van der Waals surface area (Å²) < 4.78 is 4.99. The van der Waals surface area contributed by atoms with Gasteiger partial charge in [-0.05, 0) is 23.8 Å². The molecule has 0 bridgehead atoms. The third-order valence-corrected chi connectivity index (χ3v) is 3.78. The maximum Gasteiger partial charge on any atom is 0.305 e. The van der Waals surface area contributed by atoms with E-state index in [1.54, 1.807) is 11.2 Å². The van der Waals surface area contributed by atoms with Gasteiger partial charge in [-0.1, -0.05) is 6.08 Å². The molecule has 2 rings (SSSR count). The second kappa shape index (κ2) is 6.47. The van der Waals surface area contributed by atoms with Crippen LogP contribution in [-0.2, 0) is 4.79 Å². The Balaban J connectivity index is 1.80. The number of thioether (sulfide) groups is 1. The zero-order chi connectivity index (χ0) is 14.5. The van der Waals surface area contributed by atoms with E-state index in [4.69, 9.17) is 10.3 Å². The molecule has 20 heavy (non-hydrogen) atoms. The van der Waals surface area contributed by atoms with Crippen LogP contribution in [0.4, 0.5) is 5.88 Å². The molecule has 1 aromatic rings. The van der Waals surface area contributed by atoms with Crippen LogP contribution in [0, 0.1) is 0 Å². The van der Waals surface area contributed by atoms with Crippen LogP contribution in [-0.4, -0.2) is 31.0 Å². The van der Waals surface area contributed by atoms with Crippen molar-refractivity contribution in [1.29, 1.82) is 0 Å². The van der Waals surface area contributed by atoms with E-state index in [2.05, 4.69) is 10.6 Å². The summed E-state index contributed by atoms with van der Waals surface area (Å²) in [6.07, 6.45) is 7.20. The Morgan fingerprint density at radius 3 is 2.95 bits per heavy atom. The zero-order valence-corrected chi connectivity index (χ0v) is 12.3. The summed E-state index contributed by atoms with van der Waals surface area (Å²) >= 11 is 1.51. The molecule has 108 valence electrons. The Morgan fingerprint density at radius 1 is 1.55 bits per heavy atom. The van der Waals surface area contributed by atoms with E-state index in [1.165, 1.54) is 16.6 Å². The van der Waals surface area contributed by atoms with Crippen molar-refractivity contribution in [2.24, 2.45) is 5.73 Å². The van der Waals surface area contributed by atoms with Crippen LogP contribution >= 0.6 is 11.8 Å². The molecule has 0 saturated carbocycles. The number of nitrogens with one attached hydrogen (secondary N) is 1. The van der Waals surface area contributed by atoms with Gasteiger partial charge in [-0.3, -0.25) is 14.6 Å². The fraction of sp³-hybridized carbons (Fsp3) is 0.417. The van der Waals surface area contributed by atoms with Gasteiger partial charge in [-0.25, -0.2) is 0 Å².